The SMILES string of the molecule is COc1ccc([C@H]2[C@H]3CNC[C@H]3CN2C(=O)c2c(C)ccn(Cc3cccnc3)c2=O)cc1.Cl.Cl. The quantitative estimate of drug-likeness (QED) is 0.561. The number of carbonyl (C=O) groups is 1. The van der Waals surface area contributed by atoms with E-state index in [0.29, 0.717) is 30.5 Å². The Labute approximate surface area is 217 Å². The highest BCUT2D eigenvalue weighted by atomic mass is 35.5. The number of likely N-dealkylation sites (tertiary alicyclic amines) is 1. The second kappa shape index (κ2) is 11.2. The zero-order valence-electron chi connectivity index (χ0n) is 19.7. The molecule has 5 rings (SSSR count). The fraction of sp³-hybridized carbons (Fsp3) is 0.346. The van der Waals surface area contributed by atoms with Crippen molar-refractivity contribution in [2.75, 3.05) is 26.7 Å². The molecule has 0 aliphatic carbocycles. The van der Waals surface area contributed by atoms with Gasteiger partial charge in [-0.15, -0.1) is 24.8 Å². The number of hydrogen-bond donors (Lipinski definition) is 1. The highest BCUT2D eigenvalue weighted by Gasteiger charge is 2.47. The van der Waals surface area contributed by atoms with Gasteiger partial charge in [0.1, 0.15) is 11.3 Å². The maximum atomic E-state index is 13.9. The number of hydrogen-bond acceptors (Lipinski definition) is 5. The number of nitrogens with one attached hydrogen (secondary N) is 1. The number of nitrogens with zero attached hydrogens (tertiary/aromatic N) is 3. The van der Waals surface area contributed by atoms with Crippen LogP contribution in [-0.4, -0.2) is 47.1 Å². The monoisotopic (exact) mass is 516 g/mol. The van der Waals surface area contributed by atoms with Crippen LogP contribution in [0.2, 0.25) is 0 Å². The zero-order valence-corrected chi connectivity index (χ0v) is 21.3. The second-order valence-corrected chi connectivity index (χ2v) is 8.93. The first kappa shape index (κ1) is 26.7. The van der Waals surface area contributed by atoms with Crippen molar-refractivity contribution in [3.8, 4) is 5.75 Å². The number of pyridine rings is 2. The van der Waals surface area contributed by atoms with Gasteiger partial charge in [-0.05, 0) is 53.8 Å². The van der Waals surface area contributed by atoms with E-state index in [0.717, 1.165) is 30.0 Å². The molecule has 1 aromatic carbocycles. The van der Waals surface area contributed by atoms with Crippen molar-refractivity contribution in [3.63, 3.8) is 0 Å². The first-order valence-corrected chi connectivity index (χ1v) is 11.3. The summed E-state index contributed by atoms with van der Waals surface area (Å²) in [6.45, 7) is 4.61. The minimum atomic E-state index is -0.257. The average Bonchev–Trinajstić information content (AvgIpc) is 3.43. The lowest BCUT2D eigenvalue weighted by atomic mass is 9.89. The molecule has 9 heteroatoms. The second-order valence-electron chi connectivity index (χ2n) is 8.93. The predicted octanol–water partition coefficient (Wildman–Crippen LogP) is 3.48. The lowest BCUT2D eigenvalue weighted by Gasteiger charge is -2.29. The van der Waals surface area contributed by atoms with E-state index in [1.807, 2.05) is 54.3 Å². The zero-order chi connectivity index (χ0) is 22.9. The Kier molecular flexibility index (Phi) is 8.59. The molecule has 4 heterocycles. The van der Waals surface area contributed by atoms with E-state index in [1.165, 1.54) is 0 Å². The maximum absolute atomic E-state index is 13.9. The summed E-state index contributed by atoms with van der Waals surface area (Å²) in [5.74, 6) is 1.30. The molecule has 1 N–H and O–H groups in total. The average molecular weight is 517 g/mol. The summed E-state index contributed by atoms with van der Waals surface area (Å²) in [6, 6.07) is 13.5. The summed E-state index contributed by atoms with van der Waals surface area (Å²) >= 11 is 0. The van der Waals surface area contributed by atoms with Crippen molar-refractivity contribution in [1.82, 2.24) is 19.8 Å². The Morgan fingerprint density at radius 3 is 2.60 bits per heavy atom. The molecular weight excluding hydrogens is 487 g/mol. The first-order valence-electron chi connectivity index (χ1n) is 11.3. The normalized spacial score (nSPS) is 20.5. The van der Waals surface area contributed by atoms with Gasteiger partial charge in [0.15, 0.2) is 0 Å². The third-order valence-electron chi connectivity index (χ3n) is 6.95. The van der Waals surface area contributed by atoms with Gasteiger partial charge in [-0.25, -0.2) is 0 Å². The summed E-state index contributed by atoms with van der Waals surface area (Å²) in [5, 5.41) is 3.47. The molecule has 0 unspecified atom stereocenters. The van der Waals surface area contributed by atoms with Crippen molar-refractivity contribution in [3.05, 3.63) is 93.7 Å². The van der Waals surface area contributed by atoms with Crippen molar-refractivity contribution >= 4 is 30.7 Å². The summed E-state index contributed by atoms with van der Waals surface area (Å²) in [7, 11) is 1.64. The van der Waals surface area contributed by atoms with Crippen LogP contribution in [0.4, 0.5) is 0 Å². The molecule has 2 saturated heterocycles. The van der Waals surface area contributed by atoms with Gasteiger partial charge in [0, 0.05) is 44.1 Å². The molecule has 0 bridgehead atoms. The highest BCUT2D eigenvalue weighted by molar-refractivity contribution is 5.95. The molecule has 1 amide bonds. The topological polar surface area (TPSA) is 76.5 Å². The Balaban J connectivity index is 0.00000171. The third kappa shape index (κ3) is 5.08. The largest absolute Gasteiger partial charge is 0.497 e. The van der Waals surface area contributed by atoms with Crippen molar-refractivity contribution < 1.29 is 9.53 Å². The van der Waals surface area contributed by atoms with Gasteiger partial charge in [0.2, 0.25) is 0 Å². The number of halogens is 2. The fourth-order valence-electron chi connectivity index (χ4n) is 5.24. The van der Waals surface area contributed by atoms with Crippen LogP contribution in [-0.2, 0) is 6.54 Å². The number of benzene rings is 1. The Morgan fingerprint density at radius 1 is 1.14 bits per heavy atom. The number of ether oxygens (including phenoxy) is 1. The smallest absolute Gasteiger partial charge is 0.263 e. The molecule has 2 fully saturated rings. The van der Waals surface area contributed by atoms with Gasteiger partial charge in [-0.2, -0.15) is 0 Å². The lowest BCUT2D eigenvalue weighted by Crippen LogP contribution is -2.39. The van der Waals surface area contributed by atoms with E-state index in [9.17, 15) is 9.59 Å². The molecule has 35 heavy (non-hydrogen) atoms. The number of fused-ring (bicyclic) bond motifs is 1. The van der Waals surface area contributed by atoms with Crippen LogP contribution in [0, 0.1) is 18.8 Å². The molecule has 186 valence electrons. The Bertz CT molecular complexity index is 1220. The van der Waals surface area contributed by atoms with Crippen molar-refractivity contribution in [1.29, 1.82) is 0 Å². The lowest BCUT2D eigenvalue weighted by molar-refractivity contribution is 0.0710. The van der Waals surface area contributed by atoms with E-state index in [2.05, 4.69) is 10.3 Å². The maximum Gasteiger partial charge on any atom is 0.263 e. The Hall–Kier alpha value is -2.87. The van der Waals surface area contributed by atoms with Crippen LogP contribution in [0.5, 0.6) is 5.75 Å². The number of methoxy groups -OCH3 is 1. The molecule has 7 nitrogen and oxygen atoms in total. The van der Waals surface area contributed by atoms with Gasteiger partial charge >= 0.3 is 0 Å². The first-order chi connectivity index (χ1) is 16.1. The van der Waals surface area contributed by atoms with Crippen LogP contribution >= 0.6 is 24.8 Å². The van der Waals surface area contributed by atoms with E-state index < -0.39 is 0 Å². The van der Waals surface area contributed by atoms with Crippen LogP contribution < -0.4 is 15.6 Å². The van der Waals surface area contributed by atoms with Gasteiger partial charge in [0.05, 0.1) is 19.7 Å². The summed E-state index contributed by atoms with van der Waals surface area (Å²) < 4.78 is 6.91. The molecule has 2 aliphatic heterocycles. The van der Waals surface area contributed by atoms with Crippen LogP contribution in [0.3, 0.4) is 0 Å². The number of carbonyl (C=O) groups excluding carboxylic acids is 1. The summed E-state index contributed by atoms with van der Waals surface area (Å²) in [6.07, 6.45) is 5.20. The molecule has 0 radical (unpaired) electrons. The Morgan fingerprint density at radius 2 is 1.91 bits per heavy atom. The van der Waals surface area contributed by atoms with Crippen LogP contribution in [0.15, 0.2) is 65.8 Å². The van der Waals surface area contributed by atoms with E-state index in [4.69, 9.17) is 4.74 Å². The minimum absolute atomic E-state index is 0. The number of aryl methyl sites for hydroxylation is 1. The fourth-order valence-corrected chi connectivity index (χ4v) is 5.24. The van der Waals surface area contributed by atoms with Crippen molar-refractivity contribution in [2.45, 2.75) is 19.5 Å². The van der Waals surface area contributed by atoms with E-state index >= 15 is 0 Å². The van der Waals surface area contributed by atoms with Gasteiger partial charge < -0.3 is 19.5 Å². The molecule has 2 aromatic heterocycles. The number of aromatic nitrogens is 2. The molecule has 3 atom stereocenters. The molecular formula is C26H30Cl2N4O3. The number of rotatable bonds is 5. The molecule has 0 spiro atoms. The molecule has 3 aromatic rings. The van der Waals surface area contributed by atoms with E-state index in [-0.39, 0.29) is 47.9 Å². The van der Waals surface area contributed by atoms with Crippen LogP contribution in [0.25, 0.3) is 0 Å². The number of amides is 1. The molecule has 0 saturated carbocycles. The predicted molar refractivity (Wildman–Crippen MR) is 140 cm³/mol. The summed E-state index contributed by atoms with van der Waals surface area (Å²) in [4.78, 5) is 33.4. The van der Waals surface area contributed by atoms with Gasteiger partial charge in [-0.3, -0.25) is 14.6 Å². The van der Waals surface area contributed by atoms with Gasteiger partial charge in [0.25, 0.3) is 11.5 Å². The molecule has 2 aliphatic rings. The van der Waals surface area contributed by atoms with Crippen LogP contribution in [0.1, 0.15) is 33.1 Å². The van der Waals surface area contributed by atoms with E-state index in [1.54, 1.807) is 30.3 Å². The highest BCUT2D eigenvalue weighted by Crippen LogP contribution is 2.43. The summed E-state index contributed by atoms with van der Waals surface area (Å²) in [5.41, 5.74) is 2.70. The van der Waals surface area contributed by atoms with Gasteiger partial charge in [-0.1, -0.05) is 18.2 Å². The minimum Gasteiger partial charge on any atom is -0.497 e. The third-order valence-corrected chi connectivity index (χ3v) is 6.95. The van der Waals surface area contributed by atoms with Crippen molar-refractivity contribution in [2.24, 2.45) is 11.8 Å². The standard InChI is InChI=1S/C26H28N4O3.2ClH/c1-17-9-11-29(15-18-4-3-10-27-12-18)25(31)23(17)26(32)30-16-20-13-28-14-22(20)24(30)19-5-7-21(33-2)8-6-19;;/h3-12,20,22,24,28H,13-16H2,1-2H3;2*1H/t20-,22-,24-;;/m0../s1.